The zero-order valence-electron chi connectivity index (χ0n) is 9.80. The Bertz CT molecular complexity index is 451. The summed E-state index contributed by atoms with van der Waals surface area (Å²) in [6.45, 7) is 1.50. The van der Waals surface area contributed by atoms with Crippen LogP contribution in [0, 0.1) is 21.4 Å². The molecule has 0 aliphatic heterocycles. The number of non-ortho nitro benzene ring substituents is 1. The molecule has 0 aromatic heterocycles. The number of benzene rings is 1. The molecule has 90 valence electrons. The number of likely N-dealkylation sites (N-methyl/N-ethyl adjacent to an activating group) is 1. The molecule has 17 heavy (non-hydrogen) atoms. The van der Waals surface area contributed by atoms with Gasteiger partial charge in [0.2, 0.25) is 0 Å². The molecular weight excluding hydrogens is 220 g/mol. The van der Waals surface area contributed by atoms with E-state index in [0.29, 0.717) is 12.2 Å². The van der Waals surface area contributed by atoms with Gasteiger partial charge in [0.05, 0.1) is 16.2 Å². The first-order valence-electron chi connectivity index (χ1n) is 5.11. The van der Waals surface area contributed by atoms with E-state index in [1.54, 1.807) is 6.07 Å². The Morgan fingerprint density at radius 2 is 2.24 bits per heavy atom. The molecule has 0 aliphatic carbocycles. The molecule has 0 heterocycles. The van der Waals surface area contributed by atoms with Crippen molar-refractivity contribution in [1.82, 2.24) is 4.90 Å². The van der Waals surface area contributed by atoms with Crippen LogP contribution in [0.4, 0.5) is 11.4 Å². The third-order valence-corrected chi connectivity index (χ3v) is 2.21. The Labute approximate surface area is 99.6 Å². The zero-order valence-corrected chi connectivity index (χ0v) is 9.80. The van der Waals surface area contributed by atoms with Gasteiger partial charge in [0.1, 0.15) is 6.07 Å². The molecule has 6 nitrogen and oxygen atoms in total. The first-order valence-corrected chi connectivity index (χ1v) is 5.11. The monoisotopic (exact) mass is 234 g/mol. The topological polar surface area (TPSA) is 82.2 Å². The van der Waals surface area contributed by atoms with Crippen LogP contribution < -0.4 is 5.32 Å². The van der Waals surface area contributed by atoms with Gasteiger partial charge in [-0.1, -0.05) is 0 Å². The quantitative estimate of drug-likeness (QED) is 0.615. The molecule has 1 aromatic carbocycles. The minimum absolute atomic E-state index is 0.0697. The van der Waals surface area contributed by atoms with E-state index in [9.17, 15) is 10.1 Å². The minimum atomic E-state index is -0.509. The second-order valence-corrected chi connectivity index (χ2v) is 3.83. The van der Waals surface area contributed by atoms with Gasteiger partial charge in [-0.15, -0.1) is 0 Å². The molecule has 0 unspecified atom stereocenters. The van der Waals surface area contributed by atoms with E-state index in [4.69, 9.17) is 5.26 Å². The van der Waals surface area contributed by atoms with Gasteiger partial charge >= 0.3 is 0 Å². The number of rotatable bonds is 5. The Morgan fingerprint density at radius 3 is 2.76 bits per heavy atom. The fourth-order valence-corrected chi connectivity index (χ4v) is 1.31. The first-order chi connectivity index (χ1) is 8.04. The van der Waals surface area contributed by atoms with Crippen molar-refractivity contribution < 1.29 is 4.92 Å². The highest BCUT2D eigenvalue weighted by atomic mass is 16.6. The van der Waals surface area contributed by atoms with Crippen molar-refractivity contribution in [3.8, 4) is 6.07 Å². The molecule has 0 amide bonds. The maximum absolute atomic E-state index is 10.6. The van der Waals surface area contributed by atoms with Crippen LogP contribution in [-0.2, 0) is 0 Å². The SMILES string of the molecule is CN(C)CCNc1ccc([N+](=O)[O-])cc1C#N. The third-order valence-electron chi connectivity index (χ3n) is 2.21. The minimum Gasteiger partial charge on any atom is -0.383 e. The van der Waals surface area contributed by atoms with Crippen molar-refractivity contribution in [2.24, 2.45) is 0 Å². The van der Waals surface area contributed by atoms with Crippen molar-refractivity contribution in [3.05, 3.63) is 33.9 Å². The van der Waals surface area contributed by atoms with Gasteiger partial charge < -0.3 is 10.2 Å². The molecule has 0 fully saturated rings. The normalized spacial score (nSPS) is 10.0. The lowest BCUT2D eigenvalue weighted by Crippen LogP contribution is -2.21. The summed E-state index contributed by atoms with van der Waals surface area (Å²) >= 11 is 0. The zero-order chi connectivity index (χ0) is 12.8. The van der Waals surface area contributed by atoms with Crippen LogP contribution in [0.25, 0.3) is 0 Å². The summed E-state index contributed by atoms with van der Waals surface area (Å²) in [7, 11) is 3.89. The fourth-order valence-electron chi connectivity index (χ4n) is 1.31. The smallest absolute Gasteiger partial charge is 0.270 e. The van der Waals surface area contributed by atoms with Crippen LogP contribution in [0.5, 0.6) is 0 Å². The van der Waals surface area contributed by atoms with Crippen LogP contribution in [-0.4, -0.2) is 37.0 Å². The molecule has 6 heteroatoms. The molecule has 0 spiro atoms. The summed E-state index contributed by atoms with van der Waals surface area (Å²) in [5.41, 5.74) is 0.845. The summed E-state index contributed by atoms with van der Waals surface area (Å²) in [6, 6.07) is 6.17. The molecule has 0 radical (unpaired) electrons. The van der Waals surface area contributed by atoms with Gasteiger partial charge in [-0.3, -0.25) is 10.1 Å². The van der Waals surface area contributed by atoms with Crippen molar-refractivity contribution in [1.29, 1.82) is 5.26 Å². The van der Waals surface area contributed by atoms with Crippen LogP contribution in [0.15, 0.2) is 18.2 Å². The molecule has 0 aliphatic rings. The number of nitrogens with one attached hydrogen (secondary N) is 1. The lowest BCUT2D eigenvalue weighted by Gasteiger charge is -2.12. The predicted molar refractivity (Wildman–Crippen MR) is 64.9 cm³/mol. The molecule has 1 aromatic rings. The van der Waals surface area contributed by atoms with E-state index in [1.165, 1.54) is 12.1 Å². The van der Waals surface area contributed by atoms with Gasteiger partial charge in [-0.2, -0.15) is 5.26 Å². The summed E-state index contributed by atoms with van der Waals surface area (Å²) in [4.78, 5) is 12.0. The molecule has 0 saturated heterocycles. The van der Waals surface area contributed by atoms with E-state index < -0.39 is 4.92 Å². The maximum atomic E-state index is 10.6. The highest BCUT2D eigenvalue weighted by molar-refractivity contribution is 5.61. The average Bonchev–Trinajstić information content (AvgIpc) is 2.28. The standard InChI is InChI=1S/C11H14N4O2/c1-14(2)6-5-13-11-4-3-10(15(16)17)7-9(11)8-12/h3-4,7,13H,5-6H2,1-2H3. The van der Waals surface area contributed by atoms with Gasteiger partial charge in [0.25, 0.3) is 5.69 Å². The van der Waals surface area contributed by atoms with Crippen molar-refractivity contribution in [3.63, 3.8) is 0 Å². The van der Waals surface area contributed by atoms with Crippen molar-refractivity contribution in [2.75, 3.05) is 32.5 Å². The Kier molecular flexibility index (Phi) is 4.43. The second kappa shape index (κ2) is 5.82. The Balaban J connectivity index is 2.79. The third kappa shape index (κ3) is 3.74. The van der Waals surface area contributed by atoms with Crippen molar-refractivity contribution >= 4 is 11.4 Å². The van der Waals surface area contributed by atoms with Crippen LogP contribution in [0.3, 0.4) is 0 Å². The number of hydrogen-bond donors (Lipinski definition) is 1. The van der Waals surface area contributed by atoms with E-state index >= 15 is 0 Å². The van der Waals surface area contributed by atoms with E-state index in [2.05, 4.69) is 5.32 Å². The number of nitriles is 1. The Hall–Kier alpha value is -2.13. The highest BCUT2D eigenvalue weighted by Crippen LogP contribution is 2.21. The number of nitrogens with zero attached hydrogens (tertiary/aromatic N) is 3. The molecule has 0 bridgehead atoms. The first kappa shape index (κ1) is 12.9. The van der Waals surface area contributed by atoms with Gasteiger partial charge in [0, 0.05) is 25.2 Å². The molecule has 0 atom stereocenters. The number of hydrogen-bond acceptors (Lipinski definition) is 5. The summed E-state index contributed by atoms with van der Waals surface area (Å²) < 4.78 is 0. The number of nitro groups is 1. The Morgan fingerprint density at radius 1 is 1.53 bits per heavy atom. The average molecular weight is 234 g/mol. The van der Waals surface area contributed by atoms with Crippen LogP contribution in [0.2, 0.25) is 0 Å². The molecule has 1 rings (SSSR count). The highest BCUT2D eigenvalue weighted by Gasteiger charge is 2.10. The second-order valence-electron chi connectivity index (χ2n) is 3.83. The summed E-state index contributed by atoms with van der Waals surface area (Å²) in [5.74, 6) is 0. The molecule has 0 saturated carbocycles. The maximum Gasteiger partial charge on any atom is 0.270 e. The number of anilines is 1. The molecule has 1 N–H and O–H groups in total. The van der Waals surface area contributed by atoms with Gasteiger partial charge in [-0.25, -0.2) is 0 Å². The summed E-state index contributed by atoms with van der Waals surface area (Å²) in [5, 5.41) is 22.5. The van der Waals surface area contributed by atoms with Gasteiger partial charge in [0.15, 0.2) is 0 Å². The lowest BCUT2D eigenvalue weighted by atomic mass is 10.1. The van der Waals surface area contributed by atoms with Crippen LogP contribution >= 0.6 is 0 Å². The van der Waals surface area contributed by atoms with E-state index in [0.717, 1.165) is 6.54 Å². The van der Waals surface area contributed by atoms with Gasteiger partial charge in [-0.05, 0) is 20.2 Å². The summed E-state index contributed by atoms with van der Waals surface area (Å²) in [6.07, 6.45) is 0. The van der Waals surface area contributed by atoms with Crippen molar-refractivity contribution in [2.45, 2.75) is 0 Å². The van der Waals surface area contributed by atoms with E-state index in [-0.39, 0.29) is 11.3 Å². The number of nitro benzene ring substituents is 1. The fraction of sp³-hybridized carbons (Fsp3) is 0.364. The lowest BCUT2D eigenvalue weighted by molar-refractivity contribution is -0.384. The largest absolute Gasteiger partial charge is 0.383 e. The van der Waals surface area contributed by atoms with E-state index in [1.807, 2.05) is 25.1 Å². The van der Waals surface area contributed by atoms with Crippen LogP contribution in [0.1, 0.15) is 5.56 Å². The predicted octanol–water partition coefficient (Wildman–Crippen LogP) is 1.44. The molecular formula is C11H14N4O2.